The van der Waals surface area contributed by atoms with Gasteiger partial charge in [-0.25, -0.2) is 0 Å². The fourth-order valence-electron chi connectivity index (χ4n) is 3.78. The Labute approximate surface area is 163 Å². The Bertz CT molecular complexity index is 626. The van der Waals surface area contributed by atoms with Crippen molar-refractivity contribution in [2.75, 3.05) is 46.4 Å². The number of rotatable bonds is 6. The van der Waals surface area contributed by atoms with Crippen LogP contribution in [0.1, 0.15) is 44.7 Å². The third-order valence-electron chi connectivity index (χ3n) is 5.21. The Balaban J connectivity index is 1.46. The molecule has 1 aromatic rings. The quantitative estimate of drug-likeness (QED) is 0.455. The normalized spacial score (nSPS) is 22.6. The highest BCUT2D eigenvalue weighted by atomic mass is 16.5. The number of unbranched alkanes of at least 4 members (excludes halogenated alkanes) is 1. The maximum absolute atomic E-state index is 6.12. The van der Waals surface area contributed by atoms with Crippen LogP contribution in [0.3, 0.4) is 0 Å². The van der Waals surface area contributed by atoms with Crippen molar-refractivity contribution in [2.45, 2.75) is 44.8 Å². The summed E-state index contributed by atoms with van der Waals surface area (Å²) >= 11 is 0. The summed E-state index contributed by atoms with van der Waals surface area (Å²) < 4.78 is 11.5. The summed E-state index contributed by atoms with van der Waals surface area (Å²) in [6, 6.07) is 8.48. The summed E-state index contributed by atoms with van der Waals surface area (Å²) in [6.45, 7) is 10.2. The largest absolute Gasteiger partial charge is 0.487 e. The Morgan fingerprint density at radius 2 is 2.00 bits per heavy atom. The molecule has 0 aromatic heterocycles. The Morgan fingerprint density at radius 3 is 2.78 bits per heavy atom. The number of morpholine rings is 1. The SMILES string of the molecule is CN=C(NCCCCN1CCOCC1)NC1CC(C)(C)Oc2ccccc21. The van der Waals surface area contributed by atoms with E-state index in [4.69, 9.17) is 9.47 Å². The minimum Gasteiger partial charge on any atom is -0.487 e. The van der Waals surface area contributed by atoms with E-state index >= 15 is 0 Å². The highest BCUT2D eigenvalue weighted by Crippen LogP contribution is 2.39. The number of hydrogen-bond donors (Lipinski definition) is 2. The molecule has 6 nitrogen and oxygen atoms in total. The molecule has 2 heterocycles. The van der Waals surface area contributed by atoms with Crippen molar-refractivity contribution in [3.05, 3.63) is 29.8 Å². The number of para-hydroxylation sites is 1. The van der Waals surface area contributed by atoms with Gasteiger partial charge in [0.05, 0.1) is 19.3 Å². The van der Waals surface area contributed by atoms with E-state index in [0.717, 1.165) is 63.9 Å². The second-order valence-corrected chi connectivity index (χ2v) is 7.96. The Kier molecular flexibility index (Phi) is 6.96. The van der Waals surface area contributed by atoms with Gasteiger partial charge in [0.2, 0.25) is 0 Å². The van der Waals surface area contributed by atoms with Crippen LogP contribution in [0.2, 0.25) is 0 Å². The van der Waals surface area contributed by atoms with Gasteiger partial charge in [-0.1, -0.05) is 18.2 Å². The molecule has 1 unspecified atom stereocenters. The van der Waals surface area contributed by atoms with Crippen molar-refractivity contribution in [1.29, 1.82) is 0 Å². The Morgan fingerprint density at radius 1 is 1.22 bits per heavy atom. The average molecular weight is 375 g/mol. The van der Waals surface area contributed by atoms with E-state index in [1.54, 1.807) is 0 Å². The van der Waals surface area contributed by atoms with Gasteiger partial charge in [0.15, 0.2) is 5.96 Å². The number of aliphatic imine (C=N–C) groups is 1. The molecule has 3 rings (SSSR count). The lowest BCUT2D eigenvalue weighted by Crippen LogP contribution is -2.45. The molecule has 0 bridgehead atoms. The molecule has 2 aliphatic heterocycles. The van der Waals surface area contributed by atoms with E-state index in [1.807, 2.05) is 19.2 Å². The third-order valence-corrected chi connectivity index (χ3v) is 5.21. The molecule has 2 N–H and O–H groups in total. The number of guanidine groups is 1. The van der Waals surface area contributed by atoms with E-state index in [2.05, 4.69) is 46.5 Å². The maximum atomic E-state index is 6.12. The number of nitrogens with one attached hydrogen (secondary N) is 2. The van der Waals surface area contributed by atoms with Crippen LogP contribution in [0.15, 0.2) is 29.3 Å². The zero-order valence-corrected chi connectivity index (χ0v) is 17.0. The standard InChI is InChI=1S/C21H34N4O2/c1-21(2)16-18(17-8-4-5-9-19(17)27-21)24-20(22-3)23-10-6-7-11-25-12-14-26-15-13-25/h4-5,8-9,18H,6-7,10-16H2,1-3H3,(H2,22,23,24). The second-order valence-electron chi connectivity index (χ2n) is 7.96. The van der Waals surface area contributed by atoms with Crippen molar-refractivity contribution in [2.24, 2.45) is 4.99 Å². The first-order valence-corrected chi connectivity index (χ1v) is 10.1. The van der Waals surface area contributed by atoms with Gasteiger partial charge >= 0.3 is 0 Å². The van der Waals surface area contributed by atoms with Crippen molar-refractivity contribution in [3.63, 3.8) is 0 Å². The van der Waals surface area contributed by atoms with Gasteiger partial charge in [-0.3, -0.25) is 9.89 Å². The molecule has 27 heavy (non-hydrogen) atoms. The van der Waals surface area contributed by atoms with E-state index in [-0.39, 0.29) is 11.6 Å². The third kappa shape index (κ3) is 5.84. The number of benzene rings is 1. The van der Waals surface area contributed by atoms with Crippen LogP contribution >= 0.6 is 0 Å². The lowest BCUT2D eigenvalue weighted by molar-refractivity contribution is 0.0372. The molecular weight excluding hydrogens is 340 g/mol. The number of hydrogen-bond acceptors (Lipinski definition) is 4. The zero-order valence-electron chi connectivity index (χ0n) is 17.0. The molecule has 0 amide bonds. The van der Waals surface area contributed by atoms with Crippen molar-refractivity contribution >= 4 is 5.96 Å². The molecule has 2 aliphatic rings. The summed E-state index contributed by atoms with van der Waals surface area (Å²) in [4.78, 5) is 6.90. The molecule has 1 aromatic carbocycles. The van der Waals surface area contributed by atoms with Gasteiger partial charge in [0, 0.05) is 38.7 Å². The van der Waals surface area contributed by atoms with Crippen molar-refractivity contribution in [3.8, 4) is 5.75 Å². The molecule has 0 saturated carbocycles. The van der Waals surface area contributed by atoms with Crippen LogP contribution in [0.25, 0.3) is 0 Å². The lowest BCUT2D eigenvalue weighted by atomic mass is 9.90. The van der Waals surface area contributed by atoms with Gasteiger partial charge in [-0.15, -0.1) is 0 Å². The number of nitrogens with zero attached hydrogens (tertiary/aromatic N) is 2. The van der Waals surface area contributed by atoms with Crippen LogP contribution in [0.5, 0.6) is 5.75 Å². The maximum Gasteiger partial charge on any atom is 0.191 e. The van der Waals surface area contributed by atoms with Gasteiger partial charge in [0.25, 0.3) is 0 Å². The molecule has 1 atom stereocenters. The minimum atomic E-state index is -0.191. The number of ether oxygens (including phenoxy) is 2. The monoisotopic (exact) mass is 374 g/mol. The second kappa shape index (κ2) is 9.42. The molecule has 6 heteroatoms. The van der Waals surface area contributed by atoms with Crippen molar-refractivity contribution < 1.29 is 9.47 Å². The van der Waals surface area contributed by atoms with Gasteiger partial charge in [0.1, 0.15) is 11.4 Å². The molecule has 0 spiro atoms. The fraction of sp³-hybridized carbons (Fsp3) is 0.667. The highest BCUT2D eigenvalue weighted by molar-refractivity contribution is 5.80. The summed E-state index contributed by atoms with van der Waals surface area (Å²) in [5.41, 5.74) is 1.01. The molecular formula is C21H34N4O2. The molecule has 150 valence electrons. The van der Waals surface area contributed by atoms with Crippen LogP contribution in [-0.2, 0) is 4.74 Å². The van der Waals surface area contributed by atoms with Crippen LogP contribution in [-0.4, -0.2) is 62.9 Å². The smallest absolute Gasteiger partial charge is 0.191 e. The molecule has 0 radical (unpaired) electrons. The Hall–Kier alpha value is -1.79. The van der Waals surface area contributed by atoms with E-state index in [9.17, 15) is 0 Å². The predicted octanol–water partition coefficient (Wildman–Crippen LogP) is 2.57. The zero-order chi connectivity index (χ0) is 19.1. The van der Waals surface area contributed by atoms with Gasteiger partial charge < -0.3 is 20.1 Å². The minimum absolute atomic E-state index is 0.191. The van der Waals surface area contributed by atoms with Gasteiger partial charge in [-0.05, 0) is 39.3 Å². The molecule has 1 saturated heterocycles. The van der Waals surface area contributed by atoms with Crippen LogP contribution in [0, 0.1) is 0 Å². The van der Waals surface area contributed by atoms with Crippen LogP contribution < -0.4 is 15.4 Å². The first-order chi connectivity index (χ1) is 13.1. The van der Waals surface area contributed by atoms with E-state index < -0.39 is 0 Å². The highest BCUT2D eigenvalue weighted by Gasteiger charge is 2.33. The topological polar surface area (TPSA) is 58.1 Å². The summed E-state index contributed by atoms with van der Waals surface area (Å²) in [7, 11) is 1.83. The lowest BCUT2D eigenvalue weighted by Gasteiger charge is -2.38. The predicted molar refractivity (Wildman–Crippen MR) is 109 cm³/mol. The van der Waals surface area contributed by atoms with Crippen molar-refractivity contribution in [1.82, 2.24) is 15.5 Å². The van der Waals surface area contributed by atoms with E-state index in [1.165, 1.54) is 12.0 Å². The average Bonchev–Trinajstić information content (AvgIpc) is 2.66. The first-order valence-electron chi connectivity index (χ1n) is 10.1. The molecule has 0 aliphatic carbocycles. The number of fused-ring (bicyclic) bond motifs is 1. The molecule has 1 fully saturated rings. The van der Waals surface area contributed by atoms with Gasteiger partial charge in [-0.2, -0.15) is 0 Å². The van der Waals surface area contributed by atoms with Crippen LogP contribution in [0.4, 0.5) is 0 Å². The summed E-state index contributed by atoms with van der Waals surface area (Å²) in [6.07, 6.45) is 3.23. The first kappa shape index (κ1) is 20.0. The summed E-state index contributed by atoms with van der Waals surface area (Å²) in [5, 5.41) is 7.06. The fourth-order valence-corrected chi connectivity index (χ4v) is 3.78. The summed E-state index contributed by atoms with van der Waals surface area (Å²) in [5.74, 6) is 1.83. The van der Waals surface area contributed by atoms with E-state index in [0.29, 0.717) is 0 Å².